The lowest BCUT2D eigenvalue weighted by Gasteiger charge is -2.45. The summed E-state index contributed by atoms with van der Waals surface area (Å²) in [6.45, 7) is 0. The molecule has 0 saturated carbocycles. The van der Waals surface area contributed by atoms with Gasteiger partial charge in [0.2, 0.25) is 0 Å². The molecule has 9 aromatic carbocycles. The van der Waals surface area contributed by atoms with Crippen LogP contribution in [0, 0.1) is 0 Å². The highest BCUT2D eigenvalue weighted by Crippen LogP contribution is 2.62. The quantitative estimate of drug-likeness (QED) is 0.175. The van der Waals surface area contributed by atoms with Crippen molar-refractivity contribution in [3.05, 3.63) is 235 Å². The van der Waals surface area contributed by atoms with Crippen molar-refractivity contribution >= 4 is 39.0 Å². The van der Waals surface area contributed by atoms with Gasteiger partial charge in [-0.3, -0.25) is 0 Å². The Bertz CT molecular complexity index is 3170. The summed E-state index contributed by atoms with van der Waals surface area (Å²) in [4.78, 5) is 2.28. The second-order valence-electron chi connectivity index (χ2n) is 15.2. The molecule has 1 unspecified atom stereocenters. The fourth-order valence-electron chi connectivity index (χ4n) is 9.44. The van der Waals surface area contributed by atoms with Crippen LogP contribution in [0.25, 0.3) is 44.2 Å². The van der Waals surface area contributed by atoms with Gasteiger partial charge in [0.05, 0.1) is 5.41 Å². The summed E-state index contributed by atoms with van der Waals surface area (Å²) >= 11 is 0. The van der Waals surface area contributed by atoms with Crippen LogP contribution in [0.15, 0.2) is 217 Å². The van der Waals surface area contributed by atoms with Crippen LogP contribution in [0.4, 0.5) is 17.1 Å². The molecule has 0 radical (unpaired) electrons. The van der Waals surface area contributed by atoms with Crippen LogP contribution in [0.1, 0.15) is 22.3 Å². The molecule has 4 heteroatoms. The van der Waals surface area contributed by atoms with E-state index in [0.717, 1.165) is 107 Å². The molecular formula is C55H35NO3. The van der Waals surface area contributed by atoms with Gasteiger partial charge in [-0.1, -0.05) is 140 Å². The Morgan fingerprint density at radius 1 is 0.339 bits per heavy atom. The molecule has 0 saturated heterocycles. The second-order valence-corrected chi connectivity index (χ2v) is 15.2. The maximum Gasteiger partial charge on any atom is 0.136 e. The van der Waals surface area contributed by atoms with E-state index in [4.69, 9.17) is 13.9 Å². The lowest BCUT2D eigenvalue weighted by atomic mass is 9.62. The molecule has 3 heterocycles. The largest absolute Gasteiger partial charge is 0.457 e. The van der Waals surface area contributed by atoms with Crippen LogP contribution >= 0.6 is 0 Å². The van der Waals surface area contributed by atoms with E-state index in [0.29, 0.717) is 0 Å². The van der Waals surface area contributed by atoms with Crippen molar-refractivity contribution in [2.45, 2.75) is 5.41 Å². The number of hydrogen-bond acceptors (Lipinski definition) is 4. The number of benzene rings is 9. The molecule has 0 N–H and O–H groups in total. The molecule has 10 aromatic rings. The van der Waals surface area contributed by atoms with Crippen molar-refractivity contribution in [3.63, 3.8) is 0 Å². The molecule has 1 atom stereocenters. The van der Waals surface area contributed by atoms with Gasteiger partial charge in [-0.15, -0.1) is 0 Å². The summed E-state index contributed by atoms with van der Waals surface area (Å²) in [5, 5.41) is 2.20. The summed E-state index contributed by atoms with van der Waals surface area (Å²) < 4.78 is 20.1. The molecule has 4 nitrogen and oxygen atoms in total. The summed E-state index contributed by atoms with van der Waals surface area (Å²) in [7, 11) is 0. The number of nitrogens with zero attached hydrogens (tertiary/aromatic N) is 1. The first-order valence-corrected chi connectivity index (χ1v) is 20.0. The zero-order valence-corrected chi connectivity index (χ0v) is 31.9. The van der Waals surface area contributed by atoms with Crippen molar-refractivity contribution in [2.75, 3.05) is 4.90 Å². The fourth-order valence-corrected chi connectivity index (χ4v) is 9.44. The summed E-state index contributed by atoms with van der Waals surface area (Å²) in [5.74, 6) is 3.29. The first-order chi connectivity index (χ1) is 29.2. The Morgan fingerprint density at radius 3 is 1.49 bits per heavy atom. The van der Waals surface area contributed by atoms with E-state index < -0.39 is 5.41 Å². The van der Waals surface area contributed by atoms with Gasteiger partial charge in [0, 0.05) is 50.1 Å². The van der Waals surface area contributed by atoms with Crippen molar-refractivity contribution in [1.29, 1.82) is 0 Å². The predicted molar refractivity (Wildman–Crippen MR) is 238 cm³/mol. The van der Waals surface area contributed by atoms with Gasteiger partial charge >= 0.3 is 0 Å². The Balaban J connectivity index is 1.01. The molecule has 2 aliphatic rings. The Hall–Kier alpha value is -7.82. The monoisotopic (exact) mass is 757 g/mol. The zero-order valence-electron chi connectivity index (χ0n) is 31.9. The van der Waals surface area contributed by atoms with Crippen molar-refractivity contribution in [2.24, 2.45) is 0 Å². The van der Waals surface area contributed by atoms with E-state index in [1.165, 1.54) is 0 Å². The number of para-hydroxylation sites is 5. The van der Waals surface area contributed by atoms with Gasteiger partial charge in [-0.05, 0) is 95.1 Å². The van der Waals surface area contributed by atoms with E-state index >= 15 is 0 Å². The van der Waals surface area contributed by atoms with Crippen molar-refractivity contribution < 1.29 is 13.9 Å². The maximum atomic E-state index is 6.90. The zero-order chi connectivity index (χ0) is 38.9. The topological polar surface area (TPSA) is 34.8 Å². The standard InChI is InChI=1S/C55H35NO3/c1-3-14-39(15-4-1)56(40-16-5-2-6-17-40)41-30-26-36(27-31-41)37-28-32-46-52(34-37)58-49-23-11-8-20-44(49)55(46)45-21-9-12-24-50(45)59-53-35-38(29-33-47(53)55)42-19-13-25-51-54(42)43-18-7-10-22-48(43)57-51/h1-35H. The van der Waals surface area contributed by atoms with Crippen LogP contribution in [0.5, 0.6) is 23.0 Å². The molecule has 0 amide bonds. The number of hydrogen-bond donors (Lipinski definition) is 0. The molecular weight excluding hydrogens is 723 g/mol. The van der Waals surface area contributed by atoms with Gasteiger partial charge in [-0.25, -0.2) is 0 Å². The molecule has 59 heavy (non-hydrogen) atoms. The van der Waals surface area contributed by atoms with Crippen LogP contribution in [0.2, 0.25) is 0 Å². The predicted octanol–water partition coefficient (Wildman–Crippen LogP) is 15.0. The van der Waals surface area contributed by atoms with Gasteiger partial charge in [0.15, 0.2) is 0 Å². The van der Waals surface area contributed by atoms with Crippen LogP contribution in [0.3, 0.4) is 0 Å². The molecule has 0 fully saturated rings. The van der Waals surface area contributed by atoms with E-state index in [1.807, 2.05) is 18.2 Å². The van der Waals surface area contributed by atoms with Gasteiger partial charge in [-0.2, -0.15) is 0 Å². The lowest BCUT2D eigenvalue weighted by molar-refractivity contribution is 0.399. The minimum Gasteiger partial charge on any atom is -0.457 e. The first kappa shape index (κ1) is 33.3. The number of furan rings is 1. The highest BCUT2D eigenvalue weighted by Gasteiger charge is 2.50. The summed E-state index contributed by atoms with van der Waals surface area (Å²) in [6.07, 6.45) is 0. The highest BCUT2D eigenvalue weighted by molar-refractivity contribution is 6.12. The Kier molecular flexibility index (Phi) is 7.41. The molecule has 0 bridgehead atoms. The molecule has 1 spiro atoms. The third-order valence-electron chi connectivity index (χ3n) is 12.0. The second kappa shape index (κ2) is 13.1. The molecule has 12 rings (SSSR count). The average molecular weight is 758 g/mol. The summed E-state index contributed by atoms with van der Waals surface area (Å²) in [6, 6.07) is 74.6. The maximum absolute atomic E-state index is 6.90. The van der Waals surface area contributed by atoms with E-state index in [9.17, 15) is 0 Å². The minimum atomic E-state index is -0.699. The third kappa shape index (κ3) is 5.10. The van der Waals surface area contributed by atoms with E-state index in [-0.39, 0.29) is 0 Å². The highest BCUT2D eigenvalue weighted by atomic mass is 16.5. The van der Waals surface area contributed by atoms with Crippen LogP contribution in [-0.2, 0) is 5.41 Å². The Labute approximate surface area is 341 Å². The van der Waals surface area contributed by atoms with Gasteiger partial charge in [0.1, 0.15) is 34.2 Å². The number of rotatable bonds is 5. The molecule has 0 aliphatic carbocycles. The third-order valence-corrected chi connectivity index (χ3v) is 12.0. The van der Waals surface area contributed by atoms with Crippen molar-refractivity contribution in [3.8, 4) is 45.3 Å². The smallest absolute Gasteiger partial charge is 0.136 e. The lowest BCUT2D eigenvalue weighted by Crippen LogP contribution is -2.36. The van der Waals surface area contributed by atoms with Gasteiger partial charge < -0.3 is 18.8 Å². The van der Waals surface area contributed by atoms with Crippen molar-refractivity contribution in [1.82, 2.24) is 0 Å². The first-order valence-electron chi connectivity index (χ1n) is 20.0. The summed E-state index contributed by atoms with van der Waals surface area (Å²) in [5.41, 5.74) is 13.0. The van der Waals surface area contributed by atoms with E-state index in [2.05, 4.69) is 199 Å². The number of anilines is 3. The normalized spacial score (nSPS) is 14.8. The SMILES string of the molecule is c1ccc(N(c2ccccc2)c2ccc(-c3ccc4c(c3)Oc3ccccc3C43c4ccccc4Oc4cc(-c5cccc6oc7ccccc7c56)ccc43)cc2)cc1. The molecule has 1 aromatic heterocycles. The van der Waals surface area contributed by atoms with E-state index in [1.54, 1.807) is 0 Å². The average Bonchev–Trinajstić information content (AvgIpc) is 3.69. The van der Waals surface area contributed by atoms with Crippen LogP contribution in [-0.4, -0.2) is 0 Å². The number of ether oxygens (including phenoxy) is 2. The Morgan fingerprint density at radius 2 is 0.831 bits per heavy atom. The minimum absolute atomic E-state index is 0.699. The number of fused-ring (bicyclic) bond motifs is 11. The molecule has 278 valence electrons. The van der Waals surface area contributed by atoms with Crippen LogP contribution < -0.4 is 14.4 Å². The molecule has 2 aliphatic heterocycles. The van der Waals surface area contributed by atoms with Gasteiger partial charge in [0.25, 0.3) is 0 Å². The fraction of sp³-hybridized carbons (Fsp3) is 0.0182.